The fraction of sp³-hybridized carbons (Fsp3) is 0.760. The van der Waals surface area contributed by atoms with Crippen LogP contribution >= 0.6 is 0 Å². The summed E-state index contributed by atoms with van der Waals surface area (Å²) < 4.78 is 16.5. The number of ether oxygens (including phenoxy) is 3. The molecule has 0 bridgehead atoms. The SMILES string of the molecule is CCOC(=O)[C@@]1(C)[C@H](C)C=C[C@H]2CC(C(=O)OC(C)(C)C)(C(=O)OC(C)(C)C)CC(=O)[C@@H]21. The summed E-state index contributed by atoms with van der Waals surface area (Å²) in [6.07, 6.45) is 3.38. The van der Waals surface area contributed by atoms with Crippen LogP contribution in [0.5, 0.6) is 0 Å². The number of carbonyl (C=O) groups is 4. The maximum absolute atomic E-state index is 13.6. The van der Waals surface area contributed by atoms with E-state index in [2.05, 4.69) is 0 Å². The minimum atomic E-state index is -1.76. The standard InChI is InChI=1S/C25H38O7/c1-10-30-19(27)24(9)15(2)11-12-16-13-25(14-17(26)18(16)24,20(28)31-22(3,4)5)21(29)32-23(6,7)8/h11-12,15-16,18H,10,13-14H2,1-9H3/t15-,16+,18-,24+/m1/s1. The van der Waals surface area contributed by atoms with Gasteiger partial charge in [0.2, 0.25) is 0 Å². The number of rotatable bonds is 4. The highest BCUT2D eigenvalue weighted by Gasteiger charge is 2.63. The Kier molecular flexibility index (Phi) is 7.04. The Balaban J connectivity index is 2.55. The van der Waals surface area contributed by atoms with Gasteiger partial charge in [-0.1, -0.05) is 19.1 Å². The lowest BCUT2D eigenvalue weighted by Crippen LogP contribution is -2.59. The Morgan fingerprint density at radius 2 is 1.47 bits per heavy atom. The van der Waals surface area contributed by atoms with Crippen molar-refractivity contribution in [2.75, 3.05) is 6.61 Å². The van der Waals surface area contributed by atoms with Crippen LogP contribution in [-0.2, 0) is 33.4 Å². The van der Waals surface area contributed by atoms with Gasteiger partial charge >= 0.3 is 17.9 Å². The van der Waals surface area contributed by atoms with E-state index in [9.17, 15) is 19.2 Å². The predicted molar refractivity (Wildman–Crippen MR) is 118 cm³/mol. The van der Waals surface area contributed by atoms with E-state index in [0.29, 0.717) is 0 Å². The molecule has 2 rings (SSSR count). The summed E-state index contributed by atoms with van der Waals surface area (Å²) in [5.74, 6) is -3.73. The zero-order valence-corrected chi connectivity index (χ0v) is 20.9. The van der Waals surface area contributed by atoms with E-state index >= 15 is 0 Å². The van der Waals surface area contributed by atoms with Gasteiger partial charge in [0.25, 0.3) is 0 Å². The van der Waals surface area contributed by atoms with Crippen LogP contribution in [0, 0.1) is 28.6 Å². The molecule has 0 amide bonds. The maximum atomic E-state index is 13.6. The first kappa shape index (κ1) is 26.1. The molecule has 32 heavy (non-hydrogen) atoms. The van der Waals surface area contributed by atoms with Crippen molar-refractivity contribution in [1.29, 1.82) is 0 Å². The van der Waals surface area contributed by atoms with Crippen molar-refractivity contribution in [3.8, 4) is 0 Å². The largest absolute Gasteiger partial charge is 0.466 e. The molecule has 0 radical (unpaired) electrons. The van der Waals surface area contributed by atoms with Crippen LogP contribution in [0.2, 0.25) is 0 Å². The molecule has 0 saturated heterocycles. The average Bonchev–Trinajstić information content (AvgIpc) is 2.61. The van der Waals surface area contributed by atoms with Gasteiger partial charge in [0.1, 0.15) is 17.0 Å². The lowest BCUT2D eigenvalue weighted by atomic mass is 9.52. The molecule has 1 fully saturated rings. The van der Waals surface area contributed by atoms with E-state index in [1.165, 1.54) is 0 Å². The summed E-state index contributed by atoms with van der Waals surface area (Å²) in [6, 6.07) is 0. The predicted octanol–water partition coefficient (Wildman–Crippen LogP) is 4.03. The first-order valence-corrected chi connectivity index (χ1v) is 11.3. The first-order valence-electron chi connectivity index (χ1n) is 11.3. The summed E-state index contributed by atoms with van der Waals surface area (Å²) >= 11 is 0. The first-order chi connectivity index (χ1) is 14.5. The van der Waals surface area contributed by atoms with Crippen LogP contribution in [0.25, 0.3) is 0 Å². The van der Waals surface area contributed by atoms with Gasteiger partial charge < -0.3 is 14.2 Å². The molecule has 2 aliphatic rings. The van der Waals surface area contributed by atoms with Gasteiger partial charge in [0, 0.05) is 12.3 Å². The van der Waals surface area contributed by atoms with E-state index in [1.807, 2.05) is 19.1 Å². The van der Waals surface area contributed by atoms with Crippen molar-refractivity contribution in [3.05, 3.63) is 12.2 Å². The Hall–Kier alpha value is -2.18. The van der Waals surface area contributed by atoms with Crippen LogP contribution in [-0.4, -0.2) is 41.5 Å². The molecule has 7 heteroatoms. The van der Waals surface area contributed by atoms with Crippen molar-refractivity contribution in [2.45, 2.75) is 86.4 Å². The third-order valence-corrected chi connectivity index (χ3v) is 6.37. The van der Waals surface area contributed by atoms with Crippen molar-refractivity contribution >= 4 is 23.7 Å². The number of carbonyl (C=O) groups excluding carboxylic acids is 4. The maximum Gasteiger partial charge on any atom is 0.324 e. The fourth-order valence-electron chi connectivity index (χ4n) is 4.73. The zero-order chi connectivity index (χ0) is 24.7. The van der Waals surface area contributed by atoms with Gasteiger partial charge in [0.15, 0.2) is 5.41 Å². The van der Waals surface area contributed by atoms with Crippen molar-refractivity contribution in [2.24, 2.45) is 28.6 Å². The summed E-state index contributed by atoms with van der Waals surface area (Å²) in [5, 5.41) is 0. The van der Waals surface area contributed by atoms with Crippen molar-refractivity contribution in [3.63, 3.8) is 0 Å². The molecule has 0 spiro atoms. The summed E-state index contributed by atoms with van der Waals surface area (Å²) in [4.78, 5) is 53.2. The van der Waals surface area contributed by atoms with E-state index < -0.39 is 51.8 Å². The summed E-state index contributed by atoms with van der Waals surface area (Å²) in [6.45, 7) is 15.8. The molecule has 0 aromatic carbocycles. The third kappa shape index (κ3) is 4.91. The molecule has 180 valence electrons. The Morgan fingerprint density at radius 1 is 0.969 bits per heavy atom. The van der Waals surface area contributed by atoms with Crippen molar-refractivity contribution < 1.29 is 33.4 Å². The quantitative estimate of drug-likeness (QED) is 0.276. The highest BCUT2D eigenvalue weighted by molar-refractivity contribution is 6.06. The fourth-order valence-corrected chi connectivity index (χ4v) is 4.73. The van der Waals surface area contributed by atoms with Gasteiger partial charge in [0.05, 0.1) is 12.0 Å². The van der Waals surface area contributed by atoms with Gasteiger partial charge in [-0.15, -0.1) is 0 Å². The van der Waals surface area contributed by atoms with Crippen LogP contribution in [0.3, 0.4) is 0 Å². The highest BCUT2D eigenvalue weighted by atomic mass is 16.6. The molecule has 4 atom stereocenters. The van der Waals surface area contributed by atoms with E-state index in [1.54, 1.807) is 55.4 Å². The summed E-state index contributed by atoms with van der Waals surface area (Å²) in [5.41, 5.74) is -4.54. The lowest BCUT2D eigenvalue weighted by molar-refractivity contribution is -0.193. The second kappa shape index (κ2) is 8.64. The number of Topliss-reactive ketones (excluding diaryl/α,β-unsaturated/α-hetero) is 1. The highest BCUT2D eigenvalue weighted by Crippen LogP contribution is 2.54. The smallest absolute Gasteiger partial charge is 0.324 e. The van der Waals surface area contributed by atoms with Crippen LogP contribution in [0.4, 0.5) is 0 Å². The number of ketones is 1. The Morgan fingerprint density at radius 3 is 1.91 bits per heavy atom. The number of allylic oxidation sites excluding steroid dienone is 2. The average molecular weight is 451 g/mol. The minimum absolute atomic E-state index is 0.0332. The lowest BCUT2D eigenvalue weighted by Gasteiger charge is -2.50. The van der Waals surface area contributed by atoms with Gasteiger partial charge in [-0.3, -0.25) is 19.2 Å². The zero-order valence-electron chi connectivity index (χ0n) is 20.9. The van der Waals surface area contributed by atoms with E-state index in [4.69, 9.17) is 14.2 Å². The molecule has 0 aliphatic heterocycles. The van der Waals surface area contributed by atoms with Crippen molar-refractivity contribution in [1.82, 2.24) is 0 Å². The second-order valence-corrected chi connectivity index (χ2v) is 11.3. The van der Waals surface area contributed by atoms with Crippen LogP contribution < -0.4 is 0 Å². The number of hydrogen-bond acceptors (Lipinski definition) is 7. The van der Waals surface area contributed by atoms with Gasteiger partial charge in [-0.05, 0) is 73.6 Å². The Labute approximate surface area is 191 Å². The van der Waals surface area contributed by atoms with Gasteiger partial charge in [-0.2, -0.15) is 0 Å². The topological polar surface area (TPSA) is 96.0 Å². The van der Waals surface area contributed by atoms with Crippen LogP contribution in [0.15, 0.2) is 12.2 Å². The molecule has 7 nitrogen and oxygen atoms in total. The molecule has 0 aromatic heterocycles. The molecule has 0 unspecified atom stereocenters. The molecule has 0 N–H and O–H groups in total. The minimum Gasteiger partial charge on any atom is -0.466 e. The van der Waals surface area contributed by atoms with Gasteiger partial charge in [-0.25, -0.2) is 0 Å². The Bertz CT molecular complexity index is 783. The molecule has 0 aromatic rings. The molecular formula is C25H38O7. The third-order valence-electron chi connectivity index (χ3n) is 6.37. The monoisotopic (exact) mass is 450 g/mol. The molecule has 1 saturated carbocycles. The number of hydrogen-bond donors (Lipinski definition) is 0. The second-order valence-electron chi connectivity index (χ2n) is 11.3. The van der Waals surface area contributed by atoms with E-state index in [-0.39, 0.29) is 31.1 Å². The summed E-state index contributed by atoms with van der Waals surface area (Å²) in [7, 11) is 0. The van der Waals surface area contributed by atoms with Crippen LogP contribution in [0.1, 0.15) is 75.2 Å². The molecule has 2 aliphatic carbocycles. The number of fused-ring (bicyclic) bond motifs is 1. The van der Waals surface area contributed by atoms with E-state index in [0.717, 1.165) is 0 Å². The molecular weight excluding hydrogens is 412 g/mol. The number of esters is 3. The molecule has 0 heterocycles. The normalized spacial score (nSPS) is 29.7.